The van der Waals surface area contributed by atoms with Crippen LogP contribution in [0.15, 0.2) is 34.3 Å². The Morgan fingerprint density at radius 3 is 2.42 bits per heavy atom. The summed E-state index contributed by atoms with van der Waals surface area (Å²) in [5, 5.41) is 3.70. The van der Waals surface area contributed by atoms with E-state index < -0.39 is 0 Å². The third-order valence-electron chi connectivity index (χ3n) is 2.57. The molecule has 0 aliphatic rings. The molecule has 0 aliphatic heterocycles. The van der Waals surface area contributed by atoms with E-state index in [1.807, 2.05) is 7.05 Å². The average Bonchev–Trinajstić information content (AvgIpc) is 2.32. The molecule has 0 saturated heterocycles. The lowest BCUT2D eigenvalue weighted by Gasteiger charge is -2.08. The predicted octanol–water partition coefficient (Wildman–Crippen LogP) is 1.82. The van der Waals surface area contributed by atoms with Gasteiger partial charge in [0.2, 0.25) is 0 Å². The van der Waals surface area contributed by atoms with E-state index >= 15 is 0 Å². The Morgan fingerprint density at radius 1 is 1.16 bits per heavy atom. The van der Waals surface area contributed by atoms with Gasteiger partial charge in [0, 0.05) is 17.5 Å². The van der Waals surface area contributed by atoms with Gasteiger partial charge < -0.3 is 16.8 Å². The molecule has 19 heavy (non-hydrogen) atoms. The quantitative estimate of drug-likeness (QED) is 0.737. The summed E-state index contributed by atoms with van der Waals surface area (Å²) in [5.41, 5.74) is 13.8. The highest BCUT2D eigenvalue weighted by Crippen LogP contribution is 2.29. The lowest BCUT2D eigenvalue weighted by atomic mass is 10.1. The second kappa shape index (κ2) is 5.90. The molecule has 100 valence electrons. The van der Waals surface area contributed by atoms with Gasteiger partial charge in [-0.15, -0.1) is 0 Å². The molecule has 1 heterocycles. The van der Waals surface area contributed by atoms with Crippen LogP contribution in [-0.2, 0) is 6.54 Å². The molecule has 1 aromatic heterocycles. The highest BCUT2D eigenvalue weighted by Gasteiger charge is 2.06. The van der Waals surface area contributed by atoms with Gasteiger partial charge in [0.15, 0.2) is 5.16 Å². The second-order valence-corrected chi connectivity index (χ2v) is 5.24. The molecule has 0 spiro atoms. The fourth-order valence-electron chi connectivity index (χ4n) is 1.75. The van der Waals surface area contributed by atoms with Gasteiger partial charge in [-0.1, -0.05) is 12.1 Å². The fourth-order valence-corrected chi connectivity index (χ4v) is 2.60. The number of aryl methyl sites for hydroxylation is 1. The SMILES string of the molecule is CNCc1ccc(Sc2nc(N)cc(N)n2)c(C)c1. The lowest BCUT2D eigenvalue weighted by Crippen LogP contribution is -2.05. The molecule has 6 heteroatoms. The van der Waals surface area contributed by atoms with E-state index in [0.717, 1.165) is 11.4 Å². The van der Waals surface area contributed by atoms with Gasteiger partial charge in [-0.2, -0.15) is 0 Å². The molecule has 2 aromatic rings. The Balaban J connectivity index is 2.23. The van der Waals surface area contributed by atoms with Crippen LogP contribution < -0.4 is 16.8 Å². The largest absolute Gasteiger partial charge is 0.383 e. The standard InChI is InChI=1S/C13H17N5S/c1-8-5-9(7-16-2)3-4-10(8)19-13-17-11(14)6-12(15)18-13/h3-6,16H,7H2,1-2H3,(H4,14,15,17,18). The molecule has 5 nitrogen and oxygen atoms in total. The predicted molar refractivity (Wildman–Crippen MR) is 78.9 cm³/mol. The van der Waals surface area contributed by atoms with Crippen LogP contribution in [0.4, 0.5) is 11.6 Å². The molecule has 0 saturated carbocycles. The number of nitrogen functional groups attached to an aromatic ring is 2. The third-order valence-corrected chi connectivity index (χ3v) is 3.61. The summed E-state index contributed by atoms with van der Waals surface area (Å²) in [6, 6.07) is 7.85. The topological polar surface area (TPSA) is 89.8 Å². The Labute approximate surface area is 116 Å². The zero-order valence-electron chi connectivity index (χ0n) is 11.0. The zero-order valence-corrected chi connectivity index (χ0v) is 11.8. The molecule has 0 radical (unpaired) electrons. The van der Waals surface area contributed by atoms with Crippen molar-refractivity contribution < 1.29 is 0 Å². The number of hydrogen-bond acceptors (Lipinski definition) is 6. The summed E-state index contributed by atoms with van der Waals surface area (Å²) in [4.78, 5) is 9.43. The average molecular weight is 275 g/mol. The van der Waals surface area contributed by atoms with Crippen LogP contribution in [0.1, 0.15) is 11.1 Å². The molecule has 2 rings (SSSR count). The number of hydrogen-bond donors (Lipinski definition) is 3. The Bertz CT molecular complexity index is 565. The number of aromatic nitrogens is 2. The molecular weight excluding hydrogens is 258 g/mol. The summed E-state index contributed by atoms with van der Waals surface area (Å²) in [6.45, 7) is 2.92. The van der Waals surface area contributed by atoms with Crippen molar-refractivity contribution in [1.29, 1.82) is 0 Å². The first-order valence-corrected chi connectivity index (χ1v) is 6.72. The molecule has 0 bridgehead atoms. The van der Waals surface area contributed by atoms with E-state index in [1.165, 1.54) is 22.9 Å². The van der Waals surface area contributed by atoms with Crippen LogP contribution in [0.3, 0.4) is 0 Å². The number of nitrogens with zero attached hydrogens (tertiary/aromatic N) is 2. The van der Waals surface area contributed by atoms with Crippen LogP contribution >= 0.6 is 11.8 Å². The highest BCUT2D eigenvalue weighted by molar-refractivity contribution is 7.99. The van der Waals surface area contributed by atoms with E-state index in [9.17, 15) is 0 Å². The fraction of sp³-hybridized carbons (Fsp3) is 0.231. The van der Waals surface area contributed by atoms with E-state index in [4.69, 9.17) is 11.5 Å². The minimum Gasteiger partial charge on any atom is -0.383 e. The Hall–Kier alpha value is -1.79. The third kappa shape index (κ3) is 3.59. The van der Waals surface area contributed by atoms with E-state index in [0.29, 0.717) is 16.8 Å². The second-order valence-electron chi connectivity index (χ2n) is 4.23. The van der Waals surface area contributed by atoms with Crippen LogP contribution in [0, 0.1) is 6.92 Å². The van der Waals surface area contributed by atoms with Crippen molar-refractivity contribution in [3.63, 3.8) is 0 Å². The van der Waals surface area contributed by atoms with Crippen LogP contribution in [0.25, 0.3) is 0 Å². The van der Waals surface area contributed by atoms with Gasteiger partial charge >= 0.3 is 0 Å². The van der Waals surface area contributed by atoms with Gasteiger partial charge in [0.05, 0.1) is 0 Å². The molecule has 5 N–H and O–H groups in total. The summed E-state index contributed by atoms with van der Waals surface area (Å²) in [5.74, 6) is 0.777. The molecule has 0 fully saturated rings. The summed E-state index contributed by atoms with van der Waals surface area (Å²) in [6.07, 6.45) is 0. The Kier molecular flexibility index (Phi) is 4.24. The van der Waals surface area contributed by atoms with E-state index in [-0.39, 0.29) is 0 Å². The zero-order chi connectivity index (χ0) is 13.8. The first-order valence-electron chi connectivity index (χ1n) is 5.90. The highest BCUT2D eigenvalue weighted by atomic mass is 32.2. The minimum atomic E-state index is 0.388. The number of rotatable bonds is 4. The summed E-state index contributed by atoms with van der Waals surface area (Å²) < 4.78 is 0. The number of nitrogens with one attached hydrogen (secondary N) is 1. The van der Waals surface area contributed by atoms with Crippen molar-refractivity contribution in [2.24, 2.45) is 0 Å². The normalized spacial score (nSPS) is 10.6. The maximum atomic E-state index is 5.66. The Morgan fingerprint density at radius 2 is 1.84 bits per heavy atom. The smallest absolute Gasteiger partial charge is 0.196 e. The van der Waals surface area contributed by atoms with Crippen molar-refractivity contribution in [1.82, 2.24) is 15.3 Å². The van der Waals surface area contributed by atoms with Crippen molar-refractivity contribution in [2.45, 2.75) is 23.5 Å². The number of nitrogens with two attached hydrogens (primary N) is 2. The molecule has 0 aliphatic carbocycles. The van der Waals surface area contributed by atoms with Crippen molar-refractivity contribution >= 4 is 23.4 Å². The van der Waals surface area contributed by atoms with Crippen molar-refractivity contribution in [2.75, 3.05) is 18.5 Å². The van der Waals surface area contributed by atoms with Crippen molar-refractivity contribution in [3.05, 3.63) is 35.4 Å². The monoisotopic (exact) mass is 275 g/mol. The van der Waals surface area contributed by atoms with Gasteiger partial charge in [0.25, 0.3) is 0 Å². The first-order chi connectivity index (χ1) is 9.08. The maximum absolute atomic E-state index is 5.66. The van der Waals surface area contributed by atoms with Crippen LogP contribution in [0.5, 0.6) is 0 Å². The van der Waals surface area contributed by atoms with E-state index in [1.54, 1.807) is 6.07 Å². The van der Waals surface area contributed by atoms with Crippen LogP contribution in [-0.4, -0.2) is 17.0 Å². The summed E-state index contributed by atoms with van der Waals surface area (Å²) >= 11 is 1.47. The van der Waals surface area contributed by atoms with Crippen LogP contribution in [0.2, 0.25) is 0 Å². The first kappa shape index (κ1) is 13.6. The molecule has 0 unspecified atom stereocenters. The summed E-state index contributed by atoms with van der Waals surface area (Å²) in [7, 11) is 1.93. The van der Waals surface area contributed by atoms with Gasteiger partial charge in [-0.3, -0.25) is 0 Å². The van der Waals surface area contributed by atoms with Crippen molar-refractivity contribution in [3.8, 4) is 0 Å². The van der Waals surface area contributed by atoms with Gasteiger partial charge in [-0.25, -0.2) is 9.97 Å². The van der Waals surface area contributed by atoms with Gasteiger partial charge in [-0.05, 0) is 42.9 Å². The molecule has 0 atom stereocenters. The lowest BCUT2D eigenvalue weighted by molar-refractivity contribution is 0.815. The molecular formula is C13H17N5S. The molecule has 1 aromatic carbocycles. The van der Waals surface area contributed by atoms with E-state index in [2.05, 4.69) is 40.4 Å². The number of benzene rings is 1. The van der Waals surface area contributed by atoms with Gasteiger partial charge in [0.1, 0.15) is 11.6 Å². The maximum Gasteiger partial charge on any atom is 0.196 e. The number of anilines is 2. The molecule has 0 amide bonds. The minimum absolute atomic E-state index is 0.388.